The number of likely N-dealkylation sites (N-methyl/N-ethyl adjacent to an activating group) is 4. The van der Waals surface area contributed by atoms with Crippen molar-refractivity contribution in [3.05, 3.63) is 0 Å². The van der Waals surface area contributed by atoms with Gasteiger partial charge in [0.2, 0.25) is 0 Å². The minimum Gasteiger partial charge on any atom is -0.304 e. The molecule has 0 aliphatic carbocycles. The Morgan fingerprint density at radius 2 is 0.583 bits per heavy atom. The zero-order chi connectivity index (χ0) is 17.4. The lowest BCUT2D eigenvalue weighted by atomic mass is 10.3. The second-order valence-corrected chi connectivity index (χ2v) is 7.90. The largest absolute Gasteiger partial charge is 0.304 e. The van der Waals surface area contributed by atoms with E-state index in [1.807, 2.05) is 0 Å². The molecule has 0 amide bonds. The van der Waals surface area contributed by atoms with Gasteiger partial charge < -0.3 is 19.6 Å². The summed E-state index contributed by atoms with van der Waals surface area (Å²) in [6, 6.07) is 0. The van der Waals surface area contributed by atoms with E-state index >= 15 is 0 Å². The summed E-state index contributed by atoms with van der Waals surface area (Å²) in [7, 11) is 9.02. The predicted molar refractivity (Wildman–Crippen MR) is 103 cm³/mol. The van der Waals surface area contributed by atoms with Crippen LogP contribution in [0.3, 0.4) is 0 Å². The quantitative estimate of drug-likeness (QED) is 0.675. The van der Waals surface area contributed by atoms with E-state index < -0.39 is 0 Å². The lowest BCUT2D eigenvalue weighted by Crippen LogP contribution is -2.43. The summed E-state index contributed by atoms with van der Waals surface area (Å²) in [4.78, 5) is 15.2. The molecule has 0 atom stereocenters. The molecule has 0 unspecified atom stereocenters. The van der Waals surface area contributed by atoms with Crippen LogP contribution in [0.2, 0.25) is 0 Å². The normalized spacial score (nSPS) is 27.0. The smallest absolute Gasteiger partial charge is 0.0110 e. The van der Waals surface area contributed by atoms with Crippen molar-refractivity contribution in [3.8, 4) is 0 Å². The van der Waals surface area contributed by atoms with Crippen LogP contribution >= 0.6 is 0 Å². The van der Waals surface area contributed by atoms with Crippen LogP contribution in [0.4, 0.5) is 0 Å². The lowest BCUT2D eigenvalue weighted by molar-refractivity contribution is 0.176. The molecule has 142 valence electrons. The van der Waals surface area contributed by atoms with Gasteiger partial charge in [0.25, 0.3) is 0 Å². The van der Waals surface area contributed by atoms with Gasteiger partial charge in [0.05, 0.1) is 0 Å². The fourth-order valence-corrected chi connectivity index (χ4v) is 3.33. The fourth-order valence-electron chi connectivity index (χ4n) is 3.33. The highest BCUT2D eigenvalue weighted by atomic mass is 15.3. The molecule has 0 saturated carbocycles. The highest BCUT2D eigenvalue weighted by Gasteiger charge is 2.15. The van der Waals surface area contributed by atoms with E-state index in [9.17, 15) is 0 Å². The van der Waals surface area contributed by atoms with Gasteiger partial charge in [-0.25, -0.2) is 0 Å². The monoisotopic (exact) mass is 340 g/mol. The van der Waals surface area contributed by atoms with Gasteiger partial charge in [-0.1, -0.05) is 0 Å². The maximum atomic E-state index is 2.67. The molecule has 0 spiro atoms. The summed E-state index contributed by atoms with van der Waals surface area (Å²) < 4.78 is 0. The van der Waals surface area contributed by atoms with Crippen molar-refractivity contribution in [2.24, 2.45) is 0 Å². The third-order valence-electron chi connectivity index (χ3n) is 5.65. The Bertz CT molecular complexity index is 279. The van der Waals surface area contributed by atoms with E-state index in [1.54, 1.807) is 0 Å². The SMILES string of the molecule is CN1CCN(C)CCN(CCN2CCN(C)CCN(C)CC2)CC1. The first kappa shape index (κ1) is 20.1. The molecule has 0 aromatic heterocycles. The van der Waals surface area contributed by atoms with Crippen LogP contribution in [-0.4, -0.2) is 149 Å². The lowest BCUT2D eigenvalue weighted by Gasteiger charge is -2.29. The molecule has 2 heterocycles. The first-order chi connectivity index (χ1) is 11.5. The van der Waals surface area contributed by atoms with E-state index in [4.69, 9.17) is 0 Å². The first-order valence-electron chi connectivity index (χ1n) is 9.72. The molecule has 2 saturated heterocycles. The fraction of sp³-hybridized carbons (Fsp3) is 1.00. The summed E-state index contributed by atoms with van der Waals surface area (Å²) >= 11 is 0. The van der Waals surface area contributed by atoms with E-state index in [1.165, 1.54) is 91.6 Å². The molecule has 2 rings (SSSR count). The Balaban J connectivity index is 1.79. The topological polar surface area (TPSA) is 19.4 Å². The zero-order valence-electron chi connectivity index (χ0n) is 16.6. The second-order valence-electron chi connectivity index (χ2n) is 7.90. The molecule has 6 heteroatoms. The van der Waals surface area contributed by atoms with Crippen molar-refractivity contribution < 1.29 is 0 Å². The molecule has 6 nitrogen and oxygen atoms in total. The number of hydrogen-bond acceptors (Lipinski definition) is 6. The molecule has 2 aliphatic heterocycles. The Hall–Kier alpha value is -0.240. The molecule has 24 heavy (non-hydrogen) atoms. The molecule has 0 aromatic rings. The summed E-state index contributed by atoms with van der Waals surface area (Å²) in [5.41, 5.74) is 0. The van der Waals surface area contributed by atoms with Gasteiger partial charge in [0.15, 0.2) is 0 Å². The van der Waals surface area contributed by atoms with Crippen LogP contribution in [0.25, 0.3) is 0 Å². The zero-order valence-corrected chi connectivity index (χ0v) is 16.6. The van der Waals surface area contributed by atoms with E-state index in [0.717, 1.165) is 0 Å². The van der Waals surface area contributed by atoms with Gasteiger partial charge in [-0.3, -0.25) is 9.80 Å². The van der Waals surface area contributed by atoms with Gasteiger partial charge in [0, 0.05) is 91.6 Å². The average Bonchev–Trinajstić information content (AvgIpc) is 2.69. The van der Waals surface area contributed by atoms with Crippen LogP contribution in [-0.2, 0) is 0 Å². The van der Waals surface area contributed by atoms with Crippen molar-refractivity contribution in [1.29, 1.82) is 0 Å². The molecular formula is C18H40N6. The molecule has 0 radical (unpaired) electrons. The van der Waals surface area contributed by atoms with Crippen molar-refractivity contribution in [1.82, 2.24) is 29.4 Å². The first-order valence-corrected chi connectivity index (χ1v) is 9.72. The molecule has 2 fully saturated rings. The Kier molecular flexibility index (Phi) is 8.94. The van der Waals surface area contributed by atoms with Gasteiger partial charge in [-0.05, 0) is 28.2 Å². The van der Waals surface area contributed by atoms with Gasteiger partial charge in [-0.2, -0.15) is 0 Å². The van der Waals surface area contributed by atoms with E-state index in [-0.39, 0.29) is 0 Å². The van der Waals surface area contributed by atoms with Crippen LogP contribution < -0.4 is 0 Å². The highest BCUT2D eigenvalue weighted by Crippen LogP contribution is 2.01. The Morgan fingerprint density at radius 3 is 0.833 bits per heavy atom. The van der Waals surface area contributed by atoms with Crippen molar-refractivity contribution >= 4 is 0 Å². The number of hydrogen-bond donors (Lipinski definition) is 0. The average molecular weight is 341 g/mol. The second kappa shape index (κ2) is 10.7. The molecule has 2 aliphatic rings. The minimum absolute atomic E-state index is 1.19. The van der Waals surface area contributed by atoms with Crippen LogP contribution in [0.15, 0.2) is 0 Å². The summed E-state index contributed by atoms with van der Waals surface area (Å²) in [6.45, 7) is 16.8. The summed E-state index contributed by atoms with van der Waals surface area (Å²) in [5.74, 6) is 0. The van der Waals surface area contributed by atoms with Crippen molar-refractivity contribution in [3.63, 3.8) is 0 Å². The summed E-state index contributed by atoms with van der Waals surface area (Å²) in [6.07, 6.45) is 0. The van der Waals surface area contributed by atoms with Crippen LogP contribution in [0.5, 0.6) is 0 Å². The van der Waals surface area contributed by atoms with Crippen molar-refractivity contribution in [2.75, 3.05) is 120 Å². The maximum absolute atomic E-state index is 2.67. The van der Waals surface area contributed by atoms with Crippen molar-refractivity contribution in [2.45, 2.75) is 0 Å². The van der Waals surface area contributed by atoms with Crippen LogP contribution in [0, 0.1) is 0 Å². The Morgan fingerprint density at radius 1 is 0.375 bits per heavy atom. The third-order valence-corrected chi connectivity index (χ3v) is 5.65. The van der Waals surface area contributed by atoms with E-state index in [2.05, 4.69) is 57.6 Å². The van der Waals surface area contributed by atoms with Crippen LogP contribution in [0.1, 0.15) is 0 Å². The molecule has 0 bridgehead atoms. The van der Waals surface area contributed by atoms with Gasteiger partial charge >= 0.3 is 0 Å². The molecule has 0 aromatic carbocycles. The Labute approximate surface area is 149 Å². The summed E-state index contributed by atoms with van der Waals surface area (Å²) in [5, 5.41) is 0. The predicted octanol–water partition coefficient (Wildman–Crippen LogP) is -0.655. The number of rotatable bonds is 3. The third kappa shape index (κ3) is 7.76. The molecule has 0 N–H and O–H groups in total. The van der Waals surface area contributed by atoms with E-state index in [0.29, 0.717) is 0 Å². The minimum atomic E-state index is 1.19. The molecular weight excluding hydrogens is 300 g/mol. The van der Waals surface area contributed by atoms with Gasteiger partial charge in [-0.15, -0.1) is 0 Å². The standard InChI is InChI=1S/C18H40N6/c1-19-5-6-20(2)10-14-23(13-9-19)17-18-24-15-11-21(3)7-8-22(4)12-16-24/h5-18H2,1-4H3. The highest BCUT2D eigenvalue weighted by molar-refractivity contribution is 4.72. The maximum Gasteiger partial charge on any atom is 0.0110 e. The number of nitrogens with zero attached hydrogens (tertiary/aromatic N) is 6. The van der Waals surface area contributed by atoms with Gasteiger partial charge in [0.1, 0.15) is 0 Å².